The molecule has 146 valence electrons. The summed E-state index contributed by atoms with van der Waals surface area (Å²) in [5.41, 5.74) is 5.73. The minimum atomic E-state index is -0.673. The zero-order valence-corrected chi connectivity index (χ0v) is 15.6. The predicted octanol–water partition coefficient (Wildman–Crippen LogP) is 4.87. The molecule has 3 aromatic rings. The molecule has 0 radical (unpaired) electrons. The number of nitrogens with zero attached hydrogens (tertiary/aromatic N) is 3. The summed E-state index contributed by atoms with van der Waals surface area (Å²) in [6, 6.07) is 20.9. The summed E-state index contributed by atoms with van der Waals surface area (Å²) in [7, 11) is 0. The number of anilines is 1. The fourth-order valence-electron chi connectivity index (χ4n) is 2.75. The molecule has 8 heteroatoms. The van der Waals surface area contributed by atoms with E-state index in [1.807, 2.05) is 61.5 Å². The van der Waals surface area contributed by atoms with Gasteiger partial charge in [-0.1, -0.05) is 60.2 Å². The Balaban J connectivity index is 1.97. The third kappa shape index (κ3) is 5.01. The van der Waals surface area contributed by atoms with Gasteiger partial charge in [0.05, 0.1) is 21.6 Å². The largest absolute Gasteiger partial charge is 0.301 e. The van der Waals surface area contributed by atoms with E-state index in [-0.39, 0.29) is 11.4 Å². The van der Waals surface area contributed by atoms with Crippen LogP contribution in [-0.4, -0.2) is 15.6 Å². The Morgan fingerprint density at radius 1 is 0.931 bits per heavy atom. The maximum atomic E-state index is 11.3. The van der Waals surface area contributed by atoms with Crippen LogP contribution in [0.2, 0.25) is 0 Å². The number of benzene rings is 3. The van der Waals surface area contributed by atoms with Gasteiger partial charge in [0.1, 0.15) is 5.69 Å². The van der Waals surface area contributed by atoms with Gasteiger partial charge in [0, 0.05) is 12.5 Å². The zero-order valence-electron chi connectivity index (χ0n) is 15.6. The van der Waals surface area contributed by atoms with Crippen LogP contribution >= 0.6 is 0 Å². The highest BCUT2D eigenvalue weighted by molar-refractivity contribution is 6.02. The fraction of sp³-hybridized carbons (Fsp3) is 0.0952. The van der Waals surface area contributed by atoms with Crippen LogP contribution in [0.15, 0.2) is 77.9 Å². The van der Waals surface area contributed by atoms with Crippen LogP contribution < -0.4 is 5.43 Å². The highest BCUT2D eigenvalue weighted by Gasteiger charge is 2.19. The predicted molar refractivity (Wildman–Crippen MR) is 111 cm³/mol. The van der Waals surface area contributed by atoms with Gasteiger partial charge in [-0.25, -0.2) is 0 Å². The Kier molecular flexibility index (Phi) is 5.94. The Bertz CT molecular complexity index is 1060. The van der Waals surface area contributed by atoms with Crippen molar-refractivity contribution in [2.45, 2.75) is 13.3 Å². The van der Waals surface area contributed by atoms with Crippen LogP contribution in [0, 0.1) is 27.2 Å². The van der Waals surface area contributed by atoms with Crippen molar-refractivity contribution >= 4 is 22.8 Å². The first-order chi connectivity index (χ1) is 13.9. The molecule has 0 saturated carbocycles. The van der Waals surface area contributed by atoms with E-state index in [9.17, 15) is 20.2 Å². The summed E-state index contributed by atoms with van der Waals surface area (Å²) < 4.78 is 0. The third-order valence-corrected chi connectivity index (χ3v) is 4.30. The molecule has 0 bridgehead atoms. The number of hydrogen-bond donors (Lipinski definition) is 1. The molecule has 3 rings (SSSR count). The quantitative estimate of drug-likeness (QED) is 0.351. The van der Waals surface area contributed by atoms with Crippen LogP contribution in [0.25, 0.3) is 0 Å². The number of nitro benzene ring substituents is 2. The van der Waals surface area contributed by atoms with Gasteiger partial charge in [0.25, 0.3) is 5.69 Å². The van der Waals surface area contributed by atoms with E-state index in [4.69, 9.17) is 0 Å². The van der Waals surface area contributed by atoms with Crippen molar-refractivity contribution < 1.29 is 9.85 Å². The van der Waals surface area contributed by atoms with Crippen molar-refractivity contribution in [1.29, 1.82) is 0 Å². The molecule has 0 aromatic heterocycles. The number of hydrazone groups is 1. The van der Waals surface area contributed by atoms with E-state index < -0.39 is 15.5 Å². The summed E-state index contributed by atoms with van der Waals surface area (Å²) in [4.78, 5) is 20.9. The van der Waals surface area contributed by atoms with Gasteiger partial charge in [-0.3, -0.25) is 25.7 Å². The molecular formula is C21H18N4O4. The maximum absolute atomic E-state index is 11.3. The van der Waals surface area contributed by atoms with E-state index in [0.29, 0.717) is 12.1 Å². The van der Waals surface area contributed by atoms with Crippen molar-refractivity contribution in [1.82, 2.24) is 0 Å². The van der Waals surface area contributed by atoms with Crippen molar-refractivity contribution in [3.05, 3.63) is 110 Å². The summed E-state index contributed by atoms with van der Waals surface area (Å²) in [5, 5.41) is 26.6. The van der Waals surface area contributed by atoms with Crippen molar-refractivity contribution in [3.8, 4) is 0 Å². The lowest BCUT2D eigenvalue weighted by Crippen LogP contribution is -2.09. The van der Waals surface area contributed by atoms with Gasteiger partial charge >= 0.3 is 5.69 Å². The molecule has 0 atom stereocenters. The highest BCUT2D eigenvalue weighted by Crippen LogP contribution is 2.29. The molecule has 0 aliphatic heterocycles. The second kappa shape index (κ2) is 8.75. The number of aryl methyl sites for hydroxylation is 1. The minimum absolute atomic E-state index is 0.0817. The van der Waals surface area contributed by atoms with Gasteiger partial charge in [0.2, 0.25) is 0 Å². The second-order valence-electron chi connectivity index (χ2n) is 6.41. The van der Waals surface area contributed by atoms with Crippen molar-refractivity contribution in [3.63, 3.8) is 0 Å². The van der Waals surface area contributed by atoms with Crippen LogP contribution in [0.1, 0.15) is 16.7 Å². The minimum Gasteiger partial charge on any atom is -0.271 e. The molecule has 0 aliphatic rings. The number of hydrogen-bond acceptors (Lipinski definition) is 6. The SMILES string of the molecule is Cc1ccc(/C(Cc2ccccc2)=N\Nc2ccc([N+](=O)[O-])cc2[N+](=O)[O-])cc1. The van der Waals surface area contributed by atoms with E-state index in [1.165, 1.54) is 12.1 Å². The molecule has 1 N–H and O–H groups in total. The molecule has 0 saturated heterocycles. The molecule has 0 amide bonds. The topological polar surface area (TPSA) is 111 Å². The lowest BCUT2D eigenvalue weighted by molar-refractivity contribution is -0.393. The lowest BCUT2D eigenvalue weighted by atomic mass is 10.0. The van der Waals surface area contributed by atoms with E-state index in [2.05, 4.69) is 10.5 Å². The molecule has 0 unspecified atom stereocenters. The van der Waals surface area contributed by atoms with Gasteiger partial charge < -0.3 is 0 Å². The molecule has 0 spiro atoms. The first-order valence-electron chi connectivity index (χ1n) is 8.80. The Morgan fingerprint density at radius 3 is 2.24 bits per heavy atom. The fourth-order valence-corrected chi connectivity index (χ4v) is 2.75. The molecule has 0 fully saturated rings. The summed E-state index contributed by atoms with van der Waals surface area (Å²) in [6.07, 6.45) is 0.512. The van der Waals surface area contributed by atoms with Crippen LogP contribution in [0.4, 0.5) is 17.1 Å². The summed E-state index contributed by atoms with van der Waals surface area (Å²) in [6.45, 7) is 1.98. The van der Waals surface area contributed by atoms with Gasteiger partial charge in [-0.2, -0.15) is 5.10 Å². The van der Waals surface area contributed by atoms with E-state index in [0.717, 1.165) is 22.8 Å². The molecule has 3 aromatic carbocycles. The van der Waals surface area contributed by atoms with E-state index >= 15 is 0 Å². The molecule has 0 aliphatic carbocycles. The van der Waals surface area contributed by atoms with Crippen LogP contribution in [0.3, 0.4) is 0 Å². The Morgan fingerprint density at radius 2 is 1.62 bits per heavy atom. The van der Waals surface area contributed by atoms with Gasteiger partial charge in [-0.05, 0) is 24.1 Å². The first-order valence-corrected chi connectivity index (χ1v) is 8.80. The normalized spacial score (nSPS) is 11.1. The van der Waals surface area contributed by atoms with Gasteiger partial charge in [0.15, 0.2) is 0 Å². The van der Waals surface area contributed by atoms with Crippen molar-refractivity contribution in [2.75, 3.05) is 5.43 Å². The first kappa shape index (κ1) is 19.7. The third-order valence-electron chi connectivity index (χ3n) is 4.30. The maximum Gasteiger partial charge on any atom is 0.301 e. The lowest BCUT2D eigenvalue weighted by Gasteiger charge is -2.09. The molecular weight excluding hydrogens is 372 g/mol. The number of rotatable bonds is 7. The number of non-ortho nitro benzene ring substituents is 1. The number of nitrogens with one attached hydrogen (secondary N) is 1. The molecule has 29 heavy (non-hydrogen) atoms. The zero-order chi connectivity index (χ0) is 20.8. The monoisotopic (exact) mass is 390 g/mol. The van der Waals surface area contributed by atoms with Crippen LogP contribution in [0.5, 0.6) is 0 Å². The Hall–Kier alpha value is -4.07. The van der Waals surface area contributed by atoms with E-state index in [1.54, 1.807) is 0 Å². The van der Waals surface area contributed by atoms with Crippen molar-refractivity contribution in [2.24, 2.45) is 5.10 Å². The standard InChI is InChI=1S/C21H18N4O4/c1-15-7-9-17(10-8-15)20(13-16-5-3-2-4-6-16)23-22-19-12-11-18(24(26)27)14-21(19)25(28)29/h2-12,14,22H,13H2,1H3/b23-20-. The number of nitro groups is 2. The average molecular weight is 390 g/mol. The second-order valence-corrected chi connectivity index (χ2v) is 6.41. The summed E-state index contributed by atoms with van der Waals surface area (Å²) in [5.74, 6) is 0. The molecule has 0 heterocycles. The van der Waals surface area contributed by atoms with Gasteiger partial charge in [-0.15, -0.1) is 0 Å². The molecule has 8 nitrogen and oxygen atoms in total. The summed E-state index contributed by atoms with van der Waals surface area (Å²) >= 11 is 0. The highest BCUT2D eigenvalue weighted by atomic mass is 16.6. The Labute approximate surface area is 166 Å². The average Bonchev–Trinajstić information content (AvgIpc) is 2.72. The van der Waals surface area contributed by atoms with Crippen LogP contribution in [-0.2, 0) is 6.42 Å². The smallest absolute Gasteiger partial charge is 0.271 e.